The number of nitro groups is 1. The summed E-state index contributed by atoms with van der Waals surface area (Å²) in [6.07, 6.45) is 2.92. The molecule has 1 fully saturated rings. The Morgan fingerprint density at radius 1 is 1.06 bits per heavy atom. The predicted octanol–water partition coefficient (Wildman–Crippen LogP) is 2.73. The number of pyridine rings is 1. The van der Waals surface area contributed by atoms with E-state index in [1.807, 2.05) is 0 Å². The molecule has 1 saturated heterocycles. The molecule has 10 nitrogen and oxygen atoms in total. The molecule has 1 aromatic carbocycles. The Morgan fingerprint density at radius 3 is 2.50 bits per heavy atom. The van der Waals surface area contributed by atoms with Crippen molar-refractivity contribution in [3.8, 4) is 0 Å². The molecule has 164 valence electrons. The van der Waals surface area contributed by atoms with E-state index in [1.54, 1.807) is 53.6 Å². The number of hydrogen-bond donors (Lipinski definition) is 1. The van der Waals surface area contributed by atoms with Gasteiger partial charge in [0.05, 0.1) is 29.5 Å². The highest BCUT2D eigenvalue weighted by atomic mass is 16.6. The van der Waals surface area contributed by atoms with Gasteiger partial charge < -0.3 is 19.5 Å². The van der Waals surface area contributed by atoms with Crippen LogP contribution in [0.3, 0.4) is 0 Å². The number of nitrogens with zero attached hydrogens (tertiary/aromatic N) is 4. The fourth-order valence-corrected chi connectivity index (χ4v) is 3.56. The number of furan rings is 1. The minimum absolute atomic E-state index is 0.0826. The van der Waals surface area contributed by atoms with Crippen LogP contribution in [-0.4, -0.2) is 52.8 Å². The van der Waals surface area contributed by atoms with Crippen molar-refractivity contribution < 1.29 is 18.9 Å². The topological polar surface area (TPSA) is 122 Å². The summed E-state index contributed by atoms with van der Waals surface area (Å²) < 4.78 is 5.18. The van der Waals surface area contributed by atoms with E-state index in [1.165, 1.54) is 12.3 Å². The molecular weight excluding hydrogens is 414 g/mol. The van der Waals surface area contributed by atoms with Crippen molar-refractivity contribution in [2.24, 2.45) is 0 Å². The number of nitro benzene ring substituents is 1. The second-order valence-corrected chi connectivity index (χ2v) is 7.27. The summed E-state index contributed by atoms with van der Waals surface area (Å²) in [7, 11) is 0. The van der Waals surface area contributed by atoms with E-state index in [9.17, 15) is 19.7 Å². The van der Waals surface area contributed by atoms with Crippen molar-refractivity contribution in [1.29, 1.82) is 0 Å². The Balaban J connectivity index is 1.31. The number of piperazine rings is 1. The van der Waals surface area contributed by atoms with Crippen LogP contribution in [0.25, 0.3) is 0 Å². The van der Waals surface area contributed by atoms with E-state index in [4.69, 9.17) is 4.42 Å². The summed E-state index contributed by atoms with van der Waals surface area (Å²) in [4.78, 5) is 43.5. The average molecular weight is 435 g/mol. The zero-order valence-electron chi connectivity index (χ0n) is 17.1. The molecule has 2 amide bonds. The summed E-state index contributed by atoms with van der Waals surface area (Å²) in [5, 5.41) is 13.8. The van der Waals surface area contributed by atoms with Crippen molar-refractivity contribution >= 4 is 29.0 Å². The number of amides is 2. The first-order valence-electron chi connectivity index (χ1n) is 10.1. The molecule has 0 spiro atoms. The second-order valence-electron chi connectivity index (χ2n) is 7.27. The monoisotopic (exact) mass is 435 g/mol. The number of carbonyl (C=O) groups excluding carboxylic acids is 2. The van der Waals surface area contributed by atoms with E-state index in [-0.39, 0.29) is 23.9 Å². The molecule has 0 unspecified atom stereocenters. The summed E-state index contributed by atoms with van der Waals surface area (Å²) in [6, 6.07) is 13.0. The molecule has 3 heterocycles. The van der Waals surface area contributed by atoms with E-state index in [2.05, 4.69) is 15.2 Å². The van der Waals surface area contributed by atoms with Gasteiger partial charge in [0.1, 0.15) is 5.82 Å². The van der Waals surface area contributed by atoms with Gasteiger partial charge in [-0.15, -0.1) is 0 Å². The summed E-state index contributed by atoms with van der Waals surface area (Å²) in [6.45, 7) is 2.36. The Labute approximate surface area is 183 Å². The minimum Gasteiger partial charge on any atom is -0.459 e. The molecule has 32 heavy (non-hydrogen) atoms. The van der Waals surface area contributed by atoms with Gasteiger partial charge in [-0.25, -0.2) is 4.98 Å². The van der Waals surface area contributed by atoms with Gasteiger partial charge in [0.25, 0.3) is 11.6 Å². The zero-order valence-corrected chi connectivity index (χ0v) is 17.1. The van der Waals surface area contributed by atoms with Crippen molar-refractivity contribution in [2.45, 2.75) is 6.42 Å². The second kappa shape index (κ2) is 9.29. The molecule has 4 rings (SSSR count). The smallest absolute Gasteiger partial charge is 0.289 e. The average Bonchev–Trinajstić information content (AvgIpc) is 3.34. The van der Waals surface area contributed by atoms with Gasteiger partial charge in [0, 0.05) is 37.8 Å². The van der Waals surface area contributed by atoms with Crippen LogP contribution in [0.1, 0.15) is 16.1 Å². The highest BCUT2D eigenvalue weighted by Crippen LogP contribution is 2.20. The number of aromatic nitrogens is 1. The SMILES string of the molecule is O=C(Cc1ccccc1[N+](=O)[O-])Nc1ccc(N2CCN(C(=O)c3ccco3)CC2)nc1. The van der Waals surface area contributed by atoms with Crippen LogP contribution < -0.4 is 10.2 Å². The molecular formula is C22H21N5O5. The maximum atomic E-state index is 12.4. The summed E-state index contributed by atoms with van der Waals surface area (Å²) in [5.41, 5.74) is 0.770. The van der Waals surface area contributed by atoms with Crippen molar-refractivity contribution in [1.82, 2.24) is 9.88 Å². The number of rotatable bonds is 6. The molecule has 0 radical (unpaired) electrons. The van der Waals surface area contributed by atoms with Crippen LogP contribution in [0.4, 0.5) is 17.2 Å². The van der Waals surface area contributed by atoms with Gasteiger partial charge >= 0.3 is 0 Å². The van der Waals surface area contributed by atoms with Crippen molar-refractivity contribution in [2.75, 3.05) is 36.4 Å². The summed E-state index contributed by atoms with van der Waals surface area (Å²) in [5.74, 6) is 0.586. The fraction of sp³-hybridized carbons (Fsp3) is 0.227. The number of benzene rings is 1. The normalized spacial score (nSPS) is 13.6. The highest BCUT2D eigenvalue weighted by molar-refractivity contribution is 5.93. The van der Waals surface area contributed by atoms with Crippen LogP contribution in [-0.2, 0) is 11.2 Å². The Morgan fingerprint density at radius 2 is 1.84 bits per heavy atom. The predicted molar refractivity (Wildman–Crippen MR) is 116 cm³/mol. The van der Waals surface area contributed by atoms with Gasteiger partial charge in [-0.3, -0.25) is 19.7 Å². The zero-order chi connectivity index (χ0) is 22.5. The van der Waals surface area contributed by atoms with Crippen LogP contribution in [0.5, 0.6) is 0 Å². The van der Waals surface area contributed by atoms with E-state index < -0.39 is 4.92 Å². The van der Waals surface area contributed by atoms with Crippen LogP contribution in [0, 0.1) is 10.1 Å². The first-order chi connectivity index (χ1) is 15.5. The molecule has 0 saturated carbocycles. The van der Waals surface area contributed by atoms with Gasteiger partial charge in [0.2, 0.25) is 5.91 Å². The molecule has 2 aromatic heterocycles. The van der Waals surface area contributed by atoms with E-state index in [0.29, 0.717) is 43.2 Å². The van der Waals surface area contributed by atoms with Crippen molar-refractivity contribution in [3.63, 3.8) is 0 Å². The maximum absolute atomic E-state index is 12.4. The van der Waals surface area contributed by atoms with Crippen LogP contribution in [0.15, 0.2) is 65.4 Å². The number of nitrogens with one attached hydrogen (secondary N) is 1. The molecule has 1 aliphatic rings. The first kappa shape index (κ1) is 21.0. The highest BCUT2D eigenvalue weighted by Gasteiger charge is 2.24. The number of anilines is 2. The molecule has 3 aromatic rings. The third kappa shape index (κ3) is 4.75. The third-order valence-corrected chi connectivity index (χ3v) is 5.19. The molecule has 10 heteroatoms. The first-order valence-corrected chi connectivity index (χ1v) is 10.1. The third-order valence-electron chi connectivity index (χ3n) is 5.19. The Bertz CT molecular complexity index is 1110. The molecule has 0 bridgehead atoms. The Hall–Kier alpha value is -4.21. The molecule has 1 N–H and O–H groups in total. The number of para-hydroxylation sites is 1. The molecule has 1 aliphatic heterocycles. The van der Waals surface area contributed by atoms with Gasteiger partial charge in [-0.1, -0.05) is 18.2 Å². The maximum Gasteiger partial charge on any atom is 0.289 e. The molecule has 0 aliphatic carbocycles. The van der Waals surface area contributed by atoms with Gasteiger partial charge in [-0.05, 0) is 24.3 Å². The van der Waals surface area contributed by atoms with E-state index >= 15 is 0 Å². The lowest BCUT2D eigenvalue weighted by Crippen LogP contribution is -2.49. The lowest BCUT2D eigenvalue weighted by Gasteiger charge is -2.35. The Kier molecular flexibility index (Phi) is 6.11. The molecule has 0 atom stereocenters. The quantitative estimate of drug-likeness (QED) is 0.467. The fourth-order valence-electron chi connectivity index (χ4n) is 3.56. The van der Waals surface area contributed by atoms with E-state index in [0.717, 1.165) is 5.82 Å². The van der Waals surface area contributed by atoms with Crippen LogP contribution in [0.2, 0.25) is 0 Å². The van der Waals surface area contributed by atoms with Crippen LogP contribution >= 0.6 is 0 Å². The van der Waals surface area contributed by atoms with Gasteiger partial charge in [0.15, 0.2) is 5.76 Å². The van der Waals surface area contributed by atoms with Gasteiger partial charge in [-0.2, -0.15) is 0 Å². The number of carbonyl (C=O) groups is 2. The summed E-state index contributed by atoms with van der Waals surface area (Å²) >= 11 is 0. The lowest BCUT2D eigenvalue weighted by atomic mass is 10.1. The standard InChI is InChI=1S/C22H21N5O5/c28-21(14-16-4-1-2-5-18(16)27(30)31)24-17-7-8-20(23-15-17)25-9-11-26(12-10-25)22(29)19-6-3-13-32-19/h1-8,13,15H,9-12,14H2,(H,24,28). The minimum atomic E-state index is -0.499. The number of hydrogen-bond acceptors (Lipinski definition) is 7. The lowest BCUT2D eigenvalue weighted by molar-refractivity contribution is -0.385. The van der Waals surface area contributed by atoms with Crippen molar-refractivity contribution in [3.05, 3.63) is 82.4 Å². The largest absolute Gasteiger partial charge is 0.459 e.